The third-order valence-electron chi connectivity index (χ3n) is 3.40. The van der Waals surface area contributed by atoms with E-state index in [2.05, 4.69) is 28.9 Å². The van der Waals surface area contributed by atoms with E-state index in [9.17, 15) is 10.1 Å². The van der Waals surface area contributed by atoms with Gasteiger partial charge in [-0.25, -0.2) is 4.98 Å². The van der Waals surface area contributed by atoms with E-state index in [1.54, 1.807) is 6.07 Å². The molecule has 1 aliphatic rings. The molecule has 0 saturated heterocycles. The van der Waals surface area contributed by atoms with Gasteiger partial charge in [0.05, 0.1) is 4.92 Å². The van der Waals surface area contributed by atoms with E-state index < -0.39 is 4.92 Å². The van der Waals surface area contributed by atoms with Gasteiger partial charge in [-0.1, -0.05) is 18.2 Å². The van der Waals surface area contributed by atoms with Crippen molar-refractivity contribution in [3.63, 3.8) is 0 Å². The van der Waals surface area contributed by atoms with Crippen molar-refractivity contribution < 1.29 is 4.92 Å². The molecular formula is C14H13N3O2. The number of pyridine rings is 1. The van der Waals surface area contributed by atoms with Crippen molar-refractivity contribution in [2.45, 2.75) is 19.4 Å². The van der Waals surface area contributed by atoms with Gasteiger partial charge in [0.15, 0.2) is 0 Å². The Kier molecular flexibility index (Phi) is 2.67. The van der Waals surface area contributed by atoms with Crippen molar-refractivity contribution in [3.05, 3.63) is 58.3 Å². The number of nitrogens with zero attached hydrogens (tertiary/aromatic N) is 3. The summed E-state index contributed by atoms with van der Waals surface area (Å²) < 4.78 is 0. The first-order valence-electron chi connectivity index (χ1n) is 6.14. The second-order valence-electron chi connectivity index (χ2n) is 4.68. The average molecular weight is 255 g/mol. The smallest absolute Gasteiger partial charge is 0.287 e. The van der Waals surface area contributed by atoms with Crippen molar-refractivity contribution in [3.8, 4) is 0 Å². The zero-order chi connectivity index (χ0) is 13.4. The Labute approximate surface area is 110 Å². The first-order chi connectivity index (χ1) is 9.16. The molecule has 0 bridgehead atoms. The number of para-hydroxylation sites is 1. The van der Waals surface area contributed by atoms with Gasteiger partial charge in [-0.2, -0.15) is 0 Å². The molecule has 5 heteroatoms. The summed E-state index contributed by atoms with van der Waals surface area (Å²) in [5, 5.41) is 10.6. The van der Waals surface area contributed by atoms with Gasteiger partial charge in [0.1, 0.15) is 12.0 Å². The standard InChI is InChI=1S/C14H13N3O2/c1-10-8-11-4-2-3-5-13(11)16(10)14-7-6-12(9-15-14)17(18)19/h2-7,9-10H,8H2,1H3/t10-/m0/s1. The second kappa shape index (κ2) is 4.35. The summed E-state index contributed by atoms with van der Waals surface area (Å²) >= 11 is 0. The molecule has 0 aliphatic carbocycles. The fourth-order valence-corrected chi connectivity index (χ4v) is 2.54. The van der Waals surface area contributed by atoms with Crippen molar-refractivity contribution in [2.24, 2.45) is 0 Å². The molecule has 0 spiro atoms. The second-order valence-corrected chi connectivity index (χ2v) is 4.68. The van der Waals surface area contributed by atoms with Gasteiger partial charge in [0, 0.05) is 17.8 Å². The van der Waals surface area contributed by atoms with E-state index in [0.29, 0.717) is 6.04 Å². The van der Waals surface area contributed by atoms with E-state index in [-0.39, 0.29) is 5.69 Å². The fourth-order valence-electron chi connectivity index (χ4n) is 2.54. The van der Waals surface area contributed by atoms with Gasteiger partial charge in [0.25, 0.3) is 5.69 Å². The van der Waals surface area contributed by atoms with Crippen molar-refractivity contribution in [2.75, 3.05) is 4.90 Å². The molecule has 0 unspecified atom stereocenters. The molecule has 19 heavy (non-hydrogen) atoms. The lowest BCUT2D eigenvalue weighted by molar-refractivity contribution is -0.385. The summed E-state index contributed by atoms with van der Waals surface area (Å²) in [6.07, 6.45) is 2.28. The van der Waals surface area contributed by atoms with Crippen LogP contribution in [0.2, 0.25) is 0 Å². The maximum absolute atomic E-state index is 10.6. The van der Waals surface area contributed by atoms with E-state index in [0.717, 1.165) is 17.9 Å². The Morgan fingerprint density at radius 1 is 1.32 bits per heavy atom. The molecule has 1 aromatic heterocycles. The monoisotopic (exact) mass is 255 g/mol. The molecule has 0 N–H and O–H groups in total. The lowest BCUT2D eigenvalue weighted by Gasteiger charge is -2.23. The van der Waals surface area contributed by atoms with E-state index in [1.165, 1.54) is 17.8 Å². The highest BCUT2D eigenvalue weighted by Crippen LogP contribution is 2.37. The molecule has 96 valence electrons. The molecule has 1 aromatic carbocycles. The average Bonchev–Trinajstić information content (AvgIpc) is 2.74. The Bertz CT molecular complexity index is 625. The van der Waals surface area contributed by atoms with Crippen LogP contribution in [0.15, 0.2) is 42.6 Å². The Morgan fingerprint density at radius 2 is 2.11 bits per heavy atom. The number of fused-ring (bicyclic) bond motifs is 1. The van der Waals surface area contributed by atoms with Crippen LogP contribution in [0.5, 0.6) is 0 Å². The number of aromatic nitrogens is 1. The van der Waals surface area contributed by atoms with Crippen LogP contribution in [-0.2, 0) is 6.42 Å². The number of rotatable bonds is 2. The summed E-state index contributed by atoms with van der Waals surface area (Å²) in [5.74, 6) is 0.753. The predicted octanol–water partition coefficient (Wildman–Crippen LogP) is 3.07. The number of benzene rings is 1. The Hall–Kier alpha value is -2.43. The van der Waals surface area contributed by atoms with Gasteiger partial charge in [-0.15, -0.1) is 0 Å². The summed E-state index contributed by atoms with van der Waals surface area (Å²) in [6, 6.07) is 11.7. The predicted molar refractivity (Wildman–Crippen MR) is 72.6 cm³/mol. The van der Waals surface area contributed by atoms with Gasteiger partial charge >= 0.3 is 0 Å². The minimum Gasteiger partial charge on any atom is -0.323 e. The van der Waals surface area contributed by atoms with E-state index in [1.807, 2.05) is 12.1 Å². The first-order valence-corrected chi connectivity index (χ1v) is 6.14. The zero-order valence-corrected chi connectivity index (χ0v) is 10.5. The molecule has 3 rings (SSSR count). The van der Waals surface area contributed by atoms with Crippen LogP contribution in [0.1, 0.15) is 12.5 Å². The van der Waals surface area contributed by atoms with Crippen LogP contribution in [0.3, 0.4) is 0 Å². The highest BCUT2D eigenvalue weighted by Gasteiger charge is 2.27. The minimum absolute atomic E-state index is 0.0175. The molecule has 0 fully saturated rings. The lowest BCUT2D eigenvalue weighted by atomic mass is 10.1. The third-order valence-corrected chi connectivity index (χ3v) is 3.40. The van der Waals surface area contributed by atoms with Crippen LogP contribution < -0.4 is 4.90 Å². The van der Waals surface area contributed by atoms with Crippen LogP contribution in [0, 0.1) is 10.1 Å². The van der Waals surface area contributed by atoms with Crippen LogP contribution in [-0.4, -0.2) is 15.9 Å². The number of nitro groups is 1. The van der Waals surface area contributed by atoms with Crippen LogP contribution in [0.4, 0.5) is 17.2 Å². The van der Waals surface area contributed by atoms with Crippen molar-refractivity contribution >= 4 is 17.2 Å². The zero-order valence-electron chi connectivity index (χ0n) is 10.5. The fraction of sp³-hybridized carbons (Fsp3) is 0.214. The largest absolute Gasteiger partial charge is 0.323 e. The summed E-state index contributed by atoms with van der Waals surface area (Å²) in [7, 11) is 0. The first kappa shape index (κ1) is 11.6. The van der Waals surface area contributed by atoms with Crippen LogP contribution in [0.25, 0.3) is 0 Å². The maximum atomic E-state index is 10.6. The highest BCUT2D eigenvalue weighted by molar-refractivity contribution is 5.69. The summed E-state index contributed by atoms with van der Waals surface area (Å²) in [6.45, 7) is 2.13. The summed E-state index contributed by atoms with van der Waals surface area (Å²) in [4.78, 5) is 16.6. The molecule has 0 radical (unpaired) electrons. The molecule has 0 amide bonds. The van der Waals surface area contributed by atoms with E-state index >= 15 is 0 Å². The minimum atomic E-state index is -0.432. The maximum Gasteiger partial charge on any atom is 0.287 e. The third kappa shape index (κ3) is 1.93. The molecule has 1 atom stereocenters. The van der Waals surface area contributed by atoms with Gasteiger partial charge in [0.2, 0.25) is 0 Å². The molecular weight excluding hydrogens is 242 g/mol. The normalized spacial score (nSPS) is 17.3. The van der Waals surface area contributed by atoms with Crippen molar-refractivity contribution in [1.82, 2.24) is 4.98 Å². The highest BCUT2D eigenvalue weighted by atomic mass is 16.6. The SMILES string of the molecule is C[C@H]1Cc2ccccc2N1c1ccc([N+](=O)[O-])cn1. The Balaban J connectivity index is 2.00. The van der Waals surface area contributed by atoms with Gasteiger partial charge in [-0.3, -0.25) is 10.1 Å². The number of hydrogen-bond acceptors (Lipinski definition) is 4. The van der Waals surface area contributed by atoms with Gasteiger partial charge in [-0.05, 0) is 31.0 Å². The molecule has 1 aliphatic heterocycles. The Morgan fingerprint density at radius 3 is 2.79 bits per heavy atom. The quantitative estimate of drug-likeness (QED) is 0.611. The molecule has 2 heterocycles. The van der Waals surface area contributed by atoms with Gasteiger partial charge < -0.3 is 4.90 Å². The number of hydrogen-bond donors (Lipinski definition) is 0. The molecule has 5 nitrogen and oxygen atoms in total. The summed E-state index contributed by atoms with van der Waals surface area (Å²) in [5.41, 5.74) is 2.44. The lowest BCUT2D eigenvalue weighted by Crippen LogP contribution is -2.24. The van der Waals surface area contributed by atoms with E-state index in [4.69, 9.17) is 0 Å². The molecule has 0 saturated carbocycles. The number of anilines is 2. The van der Waals surface area contributed by atoms with Crippen LogP contribution >= 0.6 is 0 Å². The topological polar surface area (TPSA) is 59.3 Å². The van der Waals surface area contributed by atoms with Crippen molar-refractivity contribution in [1.29, 1.82) is 0 Å². The molecule has 2 aromatic rings.